The summed E-state index contributed by atoms with van der Waals surface area (Å²) in [4.78, 5) is 33.6. The SMILES string of the molecule is CN(C)c1ccc(NC(=O)C2(N(Cc3ccccc3F)C(=O)CN3C[C@H](c4ccccc4)NC3=S)CCCC2)cc1. The zero-order valence-corrected chi connectivity index (χ0v) is 24.3. The van der Waals surface area contributed by atoms with Crippen LogP contribution in [0.25, 0.3) is 0 Å². The highest BCUT2D eigenvalue weighted by Gasteiger charge is 2.49. The quantitative estimate of drug-likeness (QED) is 0.347. The molecule has 2 fully saturated rings. The summed E-state index contributed by atoms with van der Waals surface area (Å²) in [5.74, 6) is -0.909. The van der Waals surface area contributed by atoms with Gasteiger partial charge in [0.1, 0.15) is 11.4 Å². The molecule has 9 heteroatoms. The molecule has 214 valence electrons. The number of hydrogen-bond acceptors (Lipinski definition) is 4. The average molecular weight is 574 g/mol. The fourth-order valence-electron chi connectivity index (χ4n) is 5.79. The van der Waals surface area contributed by atoms with Gasteiger partial charge in [0.2, 0.25) is 11.8 Å². The second-order valence-corrected chi connectivity index (χ2v) is 11.4. The predicted octanol–water partition coefficient (Wildman–Crippen LogP) is 5.10. The van der Waals surface area contributed by atoms with E-state index in [0.717, 1.165) is 24.1 Å². The summed E-state index contributed by atoms with van der Waals surface area (Å²) in [6.45, 7) is 0.518. The lowest BCUT2D eigenvalue weighted by Crippen LogP contribution is -2.59. The Morgan fingerprint density at radius 1 is 1.00 bits per heavy atom. The molecular weight excluding hydrogens is 537 g/mol. The maximum atomic E-state index is 14.9. The van der Waals surface area contributed by atoms with E-state index in [1.165, 1.54) is 6.07 Å². The molecule has 0 unspecified atom stereocenters. The van der Waals surface area contributed by atoms with Crippen LogP contribution in [-0.2, 0) is 16.1 Å². The van der Waals surface area contributed by atoms with Crippen LogP contribution in [0, 0.1) is 5.82 Å². The van der Waals surface area contributed by atoms with Crippen molar-refractivity contribution in [1.29, 1.82) is 0 Å². The van der Waals surface area contributed by atoms with Crippen LogP contribution < -0.4 is 15.5 Å². The molecule has 7 nitrogen and oxygen atoms in total. The minimum absolute atomic E-state index is 0.00379. The molecule has 1 aliphatic heterocycles. The average Bonchev–Trinajstić information content (AvgIpc) is 3.61. The number of halogens is 1. The van der Waals surface area contributed by atoms with E-state index in [-0.39, 0.29) is 30.9 Å². The van der Waals surface area contributed by atoms with E-state index < -0.39 is 11.4 Å². The monoisotopic (exact) mass is 573 g/mol. The molecule has 0 spiro atoms. The van der Waals surface area contributed by atoms with E-state index in [1.807, 2.05) is 78.5 Å². The van der Waals surface area contributed by atoms with Crippen LogP contribution in [0.4, 0.5) is 15.8 Å². The van der Waals surface area contributed by atoms with Crippen LogP contribution in [0.15, 0.2) is 78.9 Å². The lowest BCUT2D eigenvalue weighted by atomic mass is 9.92. The van der Waals surface area contributed by atoms with E-state index in [0.29, 0.717) is 35.7 Å². The molecule has 5 rings (SSSR count). The van der Waals surface area contributed by atoms with Crippen LogP contribution in [0.1, 0.15) is 42.9 Å². The standard InChI is InChI=1S/C32H36FN5O2S/c1-36(2)26-16-14-25(15-17-26)34-30(40)32(18-8-9-19-32)38(20-24-12-6-7-13-27(24)33)29(39)22-37-21-28(35-31(37)41)23-10-4-3-5-11-23/h3-7,10-17,28H,8-9,18-22H2,1-2H3,(H,34,40)(H,35,41)/t28-/m1/s1. The second kappa shape index (κ2) is 12.3. The van der Waals surface area contributed by atoms with Gasteiger partial charge < -0.3 is 25.3 Å². The smallest absolute Gasteiger partial charge is 0.250 e. The van der Waals surface area contributed by atoms with Gasteiger partial charge in [0.25, 0.3) is 0 Å². The van der Waals surface area contributed by atoms with Crippen LogP contribution in [0.3, 0.4) is 0 Å². The zero-order chi connectivity index (χ0) is 29.0. The van der Waals surface area contributed by atoms with E-state index in [9.17, 15) is 14.0 Å². The molecule has 1 atom stereocenters. The largest absolute Gasteiger partial charge is 0.378 e. The molecule has 2 N–H and O–H groups in total. The third kappa shape index (κ3) is 6.20. The second-order valence-electron chi connectivity index (χ2n) is 11.0. The minimum Gasteiger partial charge on any atom is -0.378 e. The summed E-state index contributed by atoms with van der Waals surface area (Å²) >= 11 is 5.60. The Morgan fingerprint density at radius 2 is 1.66 bits per heavy atom. The van der Waals surface area contributed by atoms with E-state index >= 15 is 0 Å². The Labute approximate surface area is 246 Å². The van der Waals surface area contributed by atoms with Gasteiger partial charge in [-0.05, 0) is 61.0 Å². The van der Waals surface area contributed by atoms with Crippen LogP contribution in [-0.4, -0.2) is 59.5 Å². The Morgan fingerprint density at radius 3 is 2.32 bits per heavy atom. The molecule has 3 aromatic carbocycles. The molecular formula is C32H36FN5O2S. The number of nitrogens with zero attached hydrogens (tertiary/aromatic N) is 3. The molecule has 1 aliphatic carbocycles. The first-order valence-corrected chi connectivity index (χ1v) is 14.4. The maximum Gasteiger partial charge on any atom is 0.250 e. The number of amides is 2. The van der Waals surface area contributed by atoms with Gasteiger partial charge in [-0.3, -0.25) is 9.59 Å². The van der Waals surface area contributed by atoms with Crippen LogP contribution in [0.5, 0.6) is 0 Å². The highest BCUT2D eigenvalue weighted by Crippen LogP contribution is 2.38. The van der Waals surface area contributed by atoms with Crippen LogP contribution >= 0.6 is 12.2 Å². The van der Waals surface area contributed by atoms with Gasteiger partial charge in [-0.15, -0.1) is 0 Å². The molecule has 41 heavy (non-hydrogen) atoms. The van der Waals surface area contributed by atoms with Gasteiger partial charge in [-0.2, -0.15) is 0 Å². The van der Waals surface area contributed by atoms with Gasteiger partial charge >= 0.3 is 0 Å². The Hall–Kier alpha value is -3.98. The Bertz CT molecular complexity index is 1390. The lowest BCUT2D eigenvalue weighted by Gasteiger charge is -2.41. The van der Waals surface area contributed by atoms with E-state index in [2.05, 4.69) is 10.6 Å². The number of nitrogens with one attached hydrogen (secondary N) is 2. The van der Waals surface area contributed by atoms with Gasteiger partial charge in [-0.1, -0.05) is 61.4 Å². The Balaban J connectivity index is 1.42. The molecule has 0 aromatic heterocycles. The number of carbonyl (C=O) groups is 2. The first-order chi connectivity index (χ1) is 19.8. The van der Waals surface area contributed by atoms with Crippen molar-refractivity contribution in [3.8, 4) is 0 Å². The van der Waals surface area contributed by atoms with Gasteiger partial charge in [0.15, 0.2) is 5.11 Å². The van der Waals surface area contributed by atoms with Crippen molar-refractivity contribution in [3.63, 3.8) is 0 Å². The normalized spacial score (nSPS) is 17.7. The van der Waals surface area contributed by atoms with Crippen molar-refractivity contribution in [3.05, 3.63) is 95.8 Å². The first kappa shape index (κ1) is 28.5. The van der Waals surface area contributed by atoms with E-state index in [4.69, 9.17) is 12.2 Å². The number of carbonyl (C=O) groups excluding carboxylic acids is 2. The lowest BCUT2D eigenvalue weighted by molar-refractivity contribution is -0.146. The van der Waals surface area contributed by atoms with Crippen molar-refractivity contribution in [2.45, 2.75) is 43.8 Å². The summed E-state index contributed by atoms with van der Waals surface area (Å²) in [5.41, 5.74) is 2.02. The maximum absolute atomic E-state index is 14.9. The zero-order valence-electron chi connectivity index (χ0n) is 23.5. The highest BCUT2D eigenvalue weighted by molar-refractivity contribution is 7.80. The molecule has 0 radical (unpaired) electrons. The number of benzene rings is 3. The predicted molar refractivity (Wildman–Crippen MR) is 164 cm³/mol. The highest BCUT2D eigenvalue weighted by atomic mass is 32.1. The van der Waals surface area contributed by atoms with Gasteiger partial charge in [0, 0.05) is 44.1 Å². The summed E-state index contributed by atoms with van der Waals surface area (Å²) in [6.07, 6.45) is 2.61. The van der Waals surface area contributed by atoms with Crippen molar-refractivity contribution in [1.82, 2.24) is 15.1 Å². The van der Waals surface area contributed by atoms with E-state index in [1.54, 1.807) is 23.1 Å². The number of rotatable bonds is 9. The molecule has 2 aliphatic rings. The molecule has 1 saturated heterocycles. The topological polar surface area (TPSA) is 67.9 Å². The number of thiocarbonyl (C=S) groups is 1. The molecule has 3 aromatic rings. The summed E-state index contributed by atoms with van der Waals surface area (Å²) in [7, 11) is 3.91. The summed E-state index contributed by atoms with van der Waals surface area (Å²) in [6, 6.07) is 23.9. The van der Waals surface area contributed by atoms with Crippen molar-refractivity contribution >= 4 is 40.5 Å². The summed E-state index contributed by atoms with van der Waals surface area (Å²) < 4.78 is 14.9. The van der Waals surface area contributed by atoms with Crippen molar-refractivity contribution in [2.24, 2.45) is 0 Å². The van der Waals surface area contributed by atoms with Gasteiger partial charge in [-0.25, -0.2) is 4.39 Å². The summed E-state index contributed by atoms with van der Waals surface area (Å²) in [5, 5.41) is 6.86. The molecule has 1 heterocycles. The number of hydrogen-bond donors (Lipinski definition) is 2. The van der Waals surface area contributed by atoms with Crippen LogP contribution in [0.2, 0.25) is 0 Å². The Kier molecular flexibility index (Phi) is 8.54. The van der Waals surface area contributed by atoms with Crippen molar-refractivity contribution in [2.75, 3.05) is 37.4 Å². The van der Waals surface area contributed by atoms with Crippen molar-refractivity contribution < 1.29 is 14.0 Å². The fraction of sp³-hybridized carbons (Fsp3) is 0.344. The third-order valence-corrected chi connectivity index (χ3v) is 8.49. The number of anilines is 2. The first-order valence-electron chi connectivity index (χ1n) is 14.0. The molecule has 2 amide bonds. The minimum atomic E-state index is -1.10. The third-order valence-electron chi connectivity index (χ3n) is 8.11. The molecule has 1 saturated carbocycles. The molecule has 0 bridgehead atoms. The van der Waals surface area contributed by atoms with Gasteiger partial charge in [0.05, 0.1) is 12.6 Å². The fourth-order valence-corrected chi connectivity index (χ4v) is 6.07.